The highest BCUT2D eigenvalue weighted by molar-refractivity contribution is 6.33. The van der Waals surface area contributed by atoms with Gasteiger partial charge < -0.3 is 10.0 Å². The SMILES string of the molecule is CC(C)c1ncc(Cl)c(C(=O)N2Cc3ccccc3C(C(=O)O)C2)n1. The minimum Gasteiger partial charge on any atom is -0.481 e. The number of aromatic nitrogens is 2. The fourth-order valence-corrected chi connectivity index (χ4v) is 3.10. The number of nitrogens with zero attached hydrogens (tertiary/aromatic N) is 3. The lowest BCUT2D eigenvalue weighted by molar-refractivity contribution is -0.139. The van der Waals surface area contributed by atoms with Crippen LogP contribution < -0.4 is 0 Å². The average Bonchev–Trinajstić information content (AvgIpc) is 2.60. The molecule has 1 aliphatic rings. The number of fused-ring (bicyclic) bond motifs is 1. The lowest BCUT2D eigenvalue weighted by Gasteiger charge is -2.32. The van der Waals surface area contributed by atoms with Crippen molar-refractivity contribution in [3.63, 3.8) is 0 Å². The first-order valence-corrected chi connectivity index (χ1v) is 8.38. The van der Waals surface area contributed by atoms with E-state index in [1.807, 2.05) is 32.0 Å². The van der Waals surface area contributed by atoms with Gasteiger partial charge in [0, 0.05) is 19.0 Å². The third kappa shape index (κ3) is 3.35. The maximum absolute atomic E-state index is 12.9. The van der Waals surface area contributed by atoms with E-state index < -0.39 is 11.9 Å². The molecule has 1 aromatic heterocycles. The van der Waals surface area contributed by atoms with Gasteiger partial charge in [0.05, 0.1) is 17.1 Å². The van der Waals surface area contributed by atoms with Crippen molar-refractivity contribution in [2.75, 3.05) is 6.54 Å². The Balaban J connectivity index is 1.96. The van der Waals surface area contributed by atoms with Crippen LogP contribution in [-0.2, 0) is 11.3 Å². The summed E-state index contributed by atoms with van der Waals surface area (Å²) in [5.74, 6) is -1.52. The van der Waals surface area contributed by atoms with E-state index in [-0.39, 0.29) is 29.1 Å². The molecule has 1 unspecified atom stereocenters. The van der Waals surface area contributed by atoms with Gasteiger partial charge >= 0.3 is 5.97 Å². The van der Waals surface area contributed by atoms with Crippen molar-refractivity contribution < 1.29 is 14.7 Å². The largest absolute Gasteiger partial charge is 0.481 e. The molecule has 6 nitrogen and oxygen atoms in total. The summed E-state index contributed by atoms with van der Waals surface area (Å²) in [7, 11) is 0. The highest BCUT2D eigenvalue weighted by Crippen LogP contribution is 2.30. The number of carbonyl (C=O) groups excluding carboxylic acids is 1. The number of carboxylic acids is 1. The van der Waals surface area contributed by atoms with Crippen LogP contribution in [0.15, 0.2) is 30.5 Å². The van der Waals surface area contributed by atoms with Crippen LogP contribution >= 0.6 is 11.6 Å². The van der Waals surface area contributed by atoms with Gasteiger partial charge in [-0.05, 0) is 11.1 Å². The van der Waals surface area contributed by atoms with Crippen LogP contribution in [0.4, 0.5) is 0 Å². The highest BCUT2D eigenvalue weighted by Gasteiger charge is 2.34. The second-order valence-electron chi connectivity index (χ2n) is 6.35. The fraction of sp³-hybridized carbons (Fsp3) is 0.333. The summed E-state index contributed by atoms with van der Waals surface area (Å²) in [5, 5.41) is 9.70. The minimum atomic E-state index is -0.957. The molecule has 1 N–H and O–H groups in total. The van der Waals surface area contributed by atoms with Gasteiger partial charge in [-0.3, -0.25) is 9.59 Å². The first kappa shape index (κ1) is 17.4. The predicted octanol–water partition coefficient (Wildman–Crippen LogP) is 3.08. The summed E-state index contributed by atoms with van der Waals surface area (Å²) in [6.45, 7) is 4.27. The first-order chi connectivity index (χ1) is 11.9. The van der Waals surface area contributed by atoms with Crippen molar-refractivity contribution in [3.8, 4) is 0 Å². The Morgan fingerprint density at radius 1 is 1.32 bits per heavy atom. The van der Waals surface area contributed by atoms with Crippen LogP contribution in [0.2, 0.25) is 5.02 Å². The second kappa shape index (κ2) is 6.80. The van der Waals surface area contributed by atoms with Crippen molar-refractivity contribution in [1.29, 1.82) is 0 Å². The van der Waals surface area contributed by atoms with Gasteiger partial charge in [-0.2, -0.15) is 0 Å². The van der Waals surface area contributed by atoms with Crippen molar-refractivity contribution in [2.24, 2.45) is 0 Å². The molecule has 1 amide bonds. The molecular formula is C18H18ClN3O3. The monoisotopic (exact) mass is 359 g/mol. The number of benzene rings is 1. The van der Waals surface area contributed by atoms with Crippen molar-refractivity contribution in [1.82, 2.24) is 14.9 Å². The van der Waals surface area contributed by atoms with Gasteiger partial charge in [-0.1, -0.05) is 49.7 Å². The molecule has 0 bridgehead atoms. The van der Waals surface area contributed by atoms with E-state index in [2.05, 4.69) is 9.97 Å². The van der Waals surface area contributed by atoms with Crippen LogP contribution in [0.3, 0.4) is 0 Å². The molecule has 2 heterocycles. The van der Waals surface area contributed by atoms with Crippen molar-refractivity contribution in [2.45, 2.75) is 32.2 Å². The van der Waals surface area contributed by atoms with Gasteiger partial charge in [-0.15, -0.1) is 0 Å². The third-order valence-electron chi connectivity index (χ3n) is 4.26. The van der Waals surface area contributed by atoms with E-state index in [1.165, 1.54) is 11.1 Å². The molecule has 1 aliphatic heterocycles. The van der Waals surface area contributed by atoms with Crippen LogP contribution in [0, 0.1) is 0 Å². The summed E-state index contributed by atoms with van der Waals surface area (Å²) < 4.78 is 0. The number of rotatable bonds is 3. The fourth-order valence-electron chi connectivity index (χ4n) is 2.93. The molecule has 2 aromatic rings. The van der Waals surface area contributed by atoms with Crippen LogP contribution in [-0.4, -0.2) is 38.4 Å². The van der Waals surface area contributed by atoms with E-state index in [1.54, 1.807) is 6.07 Å². The molecule has 0 saturated heterocycles. The van der Waals surface area contributed by atoms with E-state index in [4.69, 9.17) is 11.6 Å². The standard InChI is InChI=1S/C18H18ClN3O3/c1-10(2)16-20-7-14(19)15(21-16)17(23)22-8-11-5-3-4-6-12(11)13(9-22)18(24)25/h3-7,10,13H,8-9H2,1-2H3,(H,24,25). The van der Waals surface area contributed by atoms with E-state index in [0.29, 0.717) is 12.4 Å². The number of hydrogen-bond donors (Lipinski definition) is 1. The number of carboxylic acid groups (broad SMARTS) is 1. The Morgan fingerprint density at radius 3 is 2.72 bits per heavy atom. The van der Waals surface area contributed by atoms with E-state index in [0.717, 1.165) is 11.1 Å². The molecular weight excluding hydrogens is 342 g/mol. The van der Waals surface area contributed by atoms with E-state index in [9.17, 15) is 14.7 Å². The zero-order valence-corrected chi connectivity index (χ0v) is 14.7. The van der Waals surface area contributed by atoms with Crippen molar-refractivity contribution >= 4 is 23.5 Å². The predicted molar refractivity (Wildman–Crippen MR) is 92.7 cm³/mol. The van der Waals surface area contributed by atoms with Gasteiger partial charge in [0.1, 0.15) is 5.82 Å². The Morgan fingerprint density at radius 2 is 2.04 bits per heavy atom. The molecule has 130 valence electrons. The number of aliphatic carboxylic acids is 1. The molecule has 0 fully saturated rings. The Bertz CT molecular complexity index is 838. The molecule has 1 atom stereocenters. The molecule has 1 aromatic carbocycles. The van der Waals surface area contributed by atoms with Gasteiger partial charge in [0.2, 0.25) is 0 Å². The van der Waals surface area contributed by atoms with Crippen LogP contribution in [0.5, 0.6) is 0 Å². The zero-order valence-electron chi connectivity index (χ0n) is 13.9. The minimum absolute atomic E-state index is 0.0534. The van der Waals surface area contributed by atoms with Crippen LogP contribution in [0.1, 0.15) is 53.1 Å². The summed E-state index contributed by atoms with van der Waals surface area (Å²) in [6, 6.07) is 7.28. The molecule has 0 saturated carbocycles. The maximum atomic E-state index is 12.9. The number of amides is 1. The Hall–Kier alpha value is -2.47. The van der Waals surface area contributed by atoms with Gasteiger partial charge in [0.15, 0.2) is 5.69 Å². The quantitative estimate of drug-likeness (QED) is 0.910. The average molecular weight is 360 g/mol. The first-order valence-electron chi connectivity index (χ1n) is 8.00. The molecule has 25 heavy (non-hydrogen) atoms. The maximum Gasteiger partial charge on any atom is 0.312 e. The second-order valence-corrected chi connectivity index (χ2v) is 6.76. The van der Waals surface area contributed by atoms with Gasteiger partial charge in [-0.25, -0.2) is 9.97 Å². The van der Waals surface area contributed by atoms with Crippen LogP contribution in [0.25, 0.3) is 0 Å². The van der Waals surface area contributed by atoms with Gasteiger partial charge in [0.25, 0.3) is 5.91 Å². The third-order valence-corrected chi connectivity index (χ3v) is 4.54. The molecule has 0 spiro atoms. The Kier molecular flexibility index (Phi) is 4.72. The zero-order chi connectivity index (χ0) is 18.1. The molecule has 0 aliphatic carbocycles. The normalized spacial score (nSPS) is 16.6. The lowest BCUT2D eigenvalue weighted by Crippen LogP contribution is -2.41. The number of halogens is 1. The Labute approximate surface area is 150 Å². The number of carbonyl (C=O) groups is 2. The summed E-state index contributed by atoms with van der Waals surface area (Å²) in [4.78, 5) is 34.5. The number of hydrogen-bond acceptors (Lipinski definition) is 4. The topological polar surface area (TPSA) is 83.4 Å². The summed E-state index contributed by atoms with van der Waals surface area (Å²) in [6.07, 6.45) is 1.42. The highest BCUT2D eigenvalue weighted by atomic mass is 35.5. The molecule has 3 rings (SSSR count). The summed E-state index contributed by atoms with van der Waals surface area (Å²) >= 11 is 6.13. The van der Waals surface area contributed by atoms with Crippen molar-refractivity contribution in [3.05, 3.63) is 58.1 Å². The smallest absolute Gasteiger partial charge is 0.312 e. The molecule has 0 radical (unpaired) electrons. The van der Waals surface area contributed by atoms with E-state index >= 15 is 0 Å². The summed E-state index contributed by atoms with van der Waals surface area (Å²) in [5.41, 5.74) is 1.68. The molecule has 7 heteroatoms. The lowest BCUT2D eigenvalue weighted by atomic mass is 9.89.